The Hall–Kier alpha value is -1.18. The molecule has 1 aromatic rings. The monoisotopic (exact) mass is 304 g/mol. The van der Waals surface area contributed by atoms with Gasteiger partial charge in [0, 0.05) is 24.4 Å². The fourth-order valence-electron chi connectivity index (χ4n) is 1.77. The molecule has 114 valence electrons. The van der Waals surface area contributed by atoms with Crippen LogP contribution in [0.3, 0.4) is 0 Å². The average Bonchev–Trinajstić information content (AvgIpc) is 2.40. The van der Waals surface area contributed by atoms with Gasteiger partial charge in [-0.05, 0) is 31.4 Å². The molecule has 0 fully saturated rings. The molecule has 0 aliphatic carbocycles. The second-order valence-corrected chi connectivity index (χ2v) is 6.52. The van der Waals surface area contributed by atoms with Gasteiger partial charge in [0.1, 0.15) is 5.82 Å². The van der Waals surface area contributed by atoms with Crippen molar-refractivity contribution in [3.63, 3.8) is 0 Å². The van der Waals surface area contributed by atoms with Gasteiger partial charge in [-0.25, -0.2) is 17.5 Å². The molecule has 0 saturated heterocycles. The van der Waals surface area contributed by atoms with Crippen LogP contribution in [0.15, 0.2) is 17.0 Å². The Labute approximate surface area is 119 Å². The maximum Gasteiger partial charge on any atom is 0.240 e. The van der Waals surface area contributed by atoms with Crippen molar-refractivity contribution in [2.24, 2.45) is 5.92 Å². The summed E-state index contributed by atoms with van der Waals surface area (Å²) in [5.74, 6) is -0.602. The summed E-state index contributed by atoms with van der Waals surface area (Å²) in [6.45, 7) is 3.61. The number of hydrogen-bond donors (Lipinski definition) is 3. The highest BCUT2D eigenvalue weighted by Gasteiger charge is 2.18. The molecule has 0 spiro atoms. The number of anilines is 1. The number of halogens is 1. The zero-order valence-corrected chi connectivity index (χ0v) is 12.5. The first-order valence-electron chi connectivity index (χ1n) is 6.48. The normalized spacial score (nSPS) is 13.4. The Morgan fingerprint density at radius 2 is 2.10 bits per heavy atom. The minimum absolute atomic E-state index is 0.00629. The number of nitrogens with one attached hydrogen (secondary N) is 1. The Morgan fingerprint density at radius 3 is 2.60 bits per heavy atom. The third-order valence-corrected chi connectivity index (χ3v) is 4.75. The molecule has 0 aliphatic rings. The highest BCUT2D eigenvalue weighted by atomic mass is 32.2. The number of nitrogens with two attached hydrogens (primary N) is 1. The fraction of sp³-hybridized carbons (Fsp3) is 0.538. The maximum absolute atomic E-state index is 13.6. The summed E-state index contributed by atoms with van der Waals surface area (Å²) >= 11 is 0. The summed E-state index contributed by atoms with van der Waals surface area (Å²) in [4.78, 5) is -0.183. The van der Waals surface area contributed by atoms with Crippen LogP contribution in [0.2, 0.25) is 0 Å². The van der Waals surface area contributed by atoms with Crippen molar-refractivity contribution >= 4 is 15.7 Å². The van der Waals surface area contributed by atoms with Crippen LogP contribution in [-0.4, -0.2) is 26.7 Å². The van der Waals surface area contributed by atoms with Crippen LogP contribution in [0.25, 0.3) is 0 Å². The fourth-order valence-corrected chi connectivity index (χ4v) is 2.94. The highest BCUT2D eigenvalue weighted by molar-refractivity contribution is 7.89. The largest absolute Gasteiger partial charge is 0.398 e. The predicted octanol–water partition coefficient (Wildman–Crippen LogP) is 1.40. The zero-order chi connectivity index (χ0) is 15.3. The number of rotatable bonds is 7. The molecule has 1 atom stereocenters. The third kappa shape index (κ3) is 4.16. The summed E-state index contributed by atoms with van der Waals surface area (Å²) in [6, 6.07) is 2.20. The van der Waals surface area contributed by atoms with E-state index < -0.39 is 15.8 Å². The molecule has 1 unspecified atom stereocenters. The number of benzene rings is 1. The number of nitrogen functional groups attached to an aromatic ring is 1. The second kappa shape index (κ2) is 7.01. The number of hydrogen-bond acceptors (Lipinski definition) is 4. The third-order valence-electron chi connectivity index (χ3n) is 3.35. The van der Waals surface area contributed by atoms with Crippen molar-refractivity contribution in [2.45, 2.75) is 31.6 Å². The molecule has 4 N–H and O–H groups in total. The van der Waals surface area contributed by atoms with Gasteiger partial charge in [0.25, 0.3) is 0 Å². The molecule has 0 amide bonds. The van der Waals surface area contributed by atoms with E-state index in [1.807, 2.05) is 6.92 Å². The lowest BCUT2D eigenvalue weighted by atomic mass is 10.0. The Bertz CT molecular complexity index is 538. The maximum atomic E-state index is 13.6. The van der Waals surface area contributed by atoms with Crippen LogP contribution in [0.4, 0.5) is 10.1 Å². The summed E-state index contributed by atoms with van der Waals surface area (Å²) < 4.78 is 40.1. The first-order chi connectivity index (χ1) is 9.31. The Morgan fingerprint density at radius 1 is 1.45 bits per heavy atom. The van der Waals surface area contributed by atoms with E-state index in [0.29, 0.717) is 6.42 Å². The van der Waals surface area contributed by atoms with Gasteiger partial charge < -0.3 is 10.8 Å². The Balaban J connectivity index is 2.89. The lowest BCUT2D eigenvalue weighted by Gasteiger charge is -2.15. The number of sulfonamides is 1. The highest BCUT2D eigenvalue weighted by Crippen LogP contribution is 2.21. The van der Waals surface area contributed by atoms with Crippen molar-refractivity contribution in [3.05, 3.63) is 23.5 Å². The minimum atomic E-state index is -3.80. The molecule has 0 saturated carbocycles. The lowest BCUT2D eigenvalue weighted by Crippen LogP contribution is -2.30. The van der Waals surface area contributed by atoms with Gasteiger partial charge in [0.2, 0.25) is 10.0 Å². The Kier molecular flexibility index (Phi) is 5.91. The van der Waals surface area contributed by atoms with E-state index in [0.717, 1.165) is 12.5 Å². The van der Waals surface area contributed by atoms with E-state index in [2.05, 4.69) is 4.72 Å². The van der Waals surface area contributed by atoms with Crippen molar-refractivity contribution < 1.29 is 17.9 Å². The number of aliphatic hydroxyl groups is 1. The van der Waals surface area contributed by atoms with Crippen molar-refractivity contribution in [3.8, 4) is 0 Å². The van der Waals surface area contributed by atoms with Crippen LogP contribution >= 0.6 is 0 Å². The van der Waals surface area contributed by atoms with Crippen LogP contribution in [0, 0.1) is 18.7 Å². The first-order valence-corrected chi connectivity index (χ1v) is 7.96. The summed E-state index contributed by atoms with van der Waals surface area (Å²) in [6.07, 6.45) is 1.26. The molecule has 0 bridgehead atoms. The van der Waals surface area contributed by atoms with Gasteiger partial charge in [-0.2, -0.15) is 0 Å². The summed E-state index contributed by atoms with van der Waals surface area (Å²) in [7, 11) is -3.80. The smallest absolute Gasteiger partial charge is 0.240 e. The molecular weight excluding hydrogens is 283 g/mol. The summed E-state index contributed by atoms with van der Waals surface area (Å²) in [5, 5.41) is 8.87. The topological polar surface area (TPSA) is 92.4 Å². The molecule has 0 aromatic heterocycles. The van der Waals surface area contributed by atoms with E-state index in [-0.39, 0.29) is 35.2 Å². The molecule has 0 radical (unpaired) electrons. The quantitative estimate of drug-likeness (QED) is 0.664. The molecule has 5 nitrogen and oxygen atoms in total. The predicted molar refractivity (Wildman–Crippen MR) is 76.2 cm³/mol. The van der Waals surface area contributed by atoms with Crippen molar-refractivity contribution in [2.75, 3.05) is 18.9 Å². The molecular formula is C13H21FN2O3S. The minimum Gasteiger partial charge on any atom is -0.398 e. The molecule has 1 rings (SSSR count). The van der Waals surface area contributed by atoms with Crippen LogP contribution in [0.1, 0.15) is 25.3 Å². The molecule has 0 aliphatic heterocycles. The second-order valence-electron chi connectivity index (χ2n) is 4.76. The van der Waals surface area contributed by atoms with Gasteiger partial charge in [0.15, 0.2) is 0 Å². The molecule has 1 aromatic carbocycles. The average molecular weight is 304 g/mol. The molecule has 7 heteroatoms. The van der Waals surface area contributed by atoms with Crippen LogP contribution in [0.5, 0.6) is 0 Å². The van der Waals surface area contributed by atoms with E-state index >= 15 is 0 Å². The standard InChI is InChI=1S/C13H21FN2O3S/c1-3-10(4-5-17)8-16-20(18,19)11-6-12(14)9(2)13(15)7-11/h6-7,10,16-17H,3-5,8,15H2,1-2H3. The van der Waals surface area contributed by atoms with Crippen LogP contribution < -0.4 is 10.5 Å². The summed E-state index contributed by atoms with van der Waals surface area (Å²) in [5.41, 5.74) is 5.92. The van der Waals surface area contributed by atoms with E-state index in [1.165, 1.54) is 13.0 Å². The van der Waals surface area contributed by atoms with Gasteiger partial charge in [-0.15, -0.1) is 0 Å². The lowest BCUT2D eigenvalue weighted by molar-refractivity contribution is 0.254. The molecule has 0 heterocycles. The van der Waals surface area contributed by atoms with Gasteiger partial charge in [0.05, 0.1) is 4.90 Å². The van der Waals surface area contributed by atoms with E-state index in [1.54, 1.807) is 0 Å². The van der Waals surface area contributed by atoms with Gasteiger partial charge in [-0.3, -0.25) is 0 Å². The van der Waals surface area contributed by atoms with Gasteiger partial charge in [-0.1, -0.05) is 13.3 Å². The zero-order valence-electron chi connectivity index (χ0n) is 11.7. The first kappa shape index (κ1) is 16.9. The van der Waals surface area contributed by atoms with Crippen molar-refractivity contribution in [1.82, 2.24) is 4.72 Å². The van der Waals surface area contributed by atoms with Crippen LogP contribution in [-0.2, 0) is 10.0 Å². The molecule has 20 heavy (non-hydrogen) atoms. The van der Waals surface area contributed by atoms with Gasteiger partial charge >= 0.3 is 0 Å². The van der Waals surface area contributed by atoms with E-state index in [9.17, 15) is 12.8 Å². The SMILES string of the molecule is CCC(CCO)CNS(=O)(=O)c1cc(N)c(C)c(F)c1. The number of aliphatic hydroxyl groups excluding tert-OH is 1. The van der Waals surface area contributed by atoms with E-state index in [4.69, 9.17) is 10.8 Å². The van der Waals surface area contributed by atoms with Crippen molar-refractivity contribution in [1.29, 1.82) is 0 Å².